The summed E-state index contributed by atoms with van der Waals surface area (Å²) in [4.78, 5) is 0. The minimum Gasteiger partial charge on any atom is -0.496 e. The van der Waals surface area contributed by atoms with Crippen LogP contribution in [-0.2, 0) is 14.9 Å². The van der Waals surface area contributed by atoms with Crippen molar-refractivity contribution in [3.8, 4) is 5.75 Å². The second-order valence-electron chi connectivity index (χ2n) is 5.17. The lowest BCUT2D eigenvalue weighted by molar-refractivity contribution is -0.115. The summed E-state index contributed by atoms with van der Waals surface area (Å²) < 4.78 is 15.9. The topological polar surface area (TPSA) is 27.7 Å². The summed E-state index contributed by atoms with van der Waals surface area (Å²) >= 11 is 0. The summed E-state index contributed by atoms with van der Waals surface area (Å²) in [5, 5.41) is 0. The molecule has 0 N–H and O–H groups in total. The van der Waals surface area contributed by atoms with Crippen LogP contribution in [0.5, 0.6) is 5.75 Å². The molecule has 1 aromatic carbocycles. The molecule has 0 aliphatic rings. The van der Waals surface area contributed by atoms with E-state index in [9.17, 15) is 0 Å². The quantitative estimate of drug-likeness (QED) is 0.727. The van der Waals surface area contributed by atoms with Crippen LogP contribution in [0, 0.1) is 6.92 Å². The lowest BCUT2D eigenvalue weighted by atomic mass is 9.80. The number of benzene rings is 1. The minimum atomic E-state index is -0.178. The number of hydrogen-bond acceptors (Lipinski definition) is 3. The third kappa shape index (κ3) is 3.47. The molecule has 0 aliphatic heterocycles. The summed E-state index contributed by atoms with van der Waals surface area (Å²) in [6.45, 7) is 6.45. The third-order valence-electron chi connectivity index (χ3n) is 3.38. The maximum atomic E-state index is 5.29. The molecule has 0 saturated carbocycles. The number of aryl methyl sites for hydroxylation is 1. The molecule has 0 fully saturated rings. The standard InChI is InChI=1S/C15H24O3/c1-11-9-12(7-8-13(11)16-4)15(2,3)10-14(17-5)18-6/h7-9,14H,10H2,1-6H3. The summed E-state index contributed by atoms with van der Waals surface area (Å²) in [6.07, 6.45) is 0.633. The fraction of sp³-hybridized carbons (Fsp3) is 0.600. The fourth-order valence-corrected chi connectivity index (χ4v) is 2.10. The minimum absolute atomic E-state index is 0.00623. The van der Waals surface area contributed by atoms with Gasteiger partial charge in [0.05, 0.1) is 7.11 Å². The molecule has 0 heterocycles. The molecular formula is C15H24O3. The van der Waals surface area contributed by atoms with Gasteiger partial charge in [0.2, 0.25) is 0 Å². The van der Waals surface area contributed by atoms with E-state index in [1.807, 2.05) is 6.07 Å². The summed E-state index contributed by atoms with van der Waals surface area (Å²) in [5.41, 5.74) is 2.41. The van der Waals surface area contributed by atoms with Crippen LogP contribution in [0.1, 0.15) is 31.4 Å². The number of hydrogen-bond donors (Lipinski definition) is 0. The lowest BCUT2D eigenvalue weighted by Gasteiger charge is -2.29. The molecule has 1 aromatic rings. The summed E-state index contributed by atoms with van der Waals surface area (Å²) in [6, 6.07) is 6.29. The van der Waals surface area contributed by atoms with Crippen LogP contribution in [0.3, 0.4) is 0 Å². The van der Waals surface area contributed by atoms with E-state index in [4.69, 9.17) is 14.2 Å². The van der Waals surface area contributed by atoms with Gasteiger partial charge in [0.15, 0.2) is 6.29 Å². The monoisotopic (exact) mass is 252 g/mol. The van der Waals surface area contributed by atoms with Crippen molar-refractivity contribution in [2.45, 2.75) is 38.9 Å². The zero-order valence-electron chi connectivity index (χ0n) is 12.2. The molecule has 0 aliphatic carbocycles. The number of ether oxygens (including phenoxy) is 3. The van der Waals surface area contributed by atoms with Gasteiger partial charge in [-0.15, -0.1) is 0 Å². The van der Waals surface area contributed by atoms with Crippen LogP contribution in [0.25, 0.3) is 0 Å². The van der Waals surface area contributed by atoms with Crippen molar-refractivity contribution in [2.24, 2.45) is 0 Å². The van der Waals surface area contributed by atoms with E-state index in [1.165, 1.54) is 5.56 Å². The SMILES string of the molecule is COc1ccc(C(C)(C)CC(OC)OC)cc1C. The molecule has 0 atom stereocenters. The highest BCUT2D eigenvalue weighted by atomic mass is 16.7. The Morgan fingerprint density at radius 3 is 2.17 bits per heavy atom. The molecule has 18 heavy (non-hydrogen) atoms. The van der Waals surface area contributed by atoms with Crippen LogP contribution >= 0.6 is 0 Å². The average molecular weight is 252 g/mol. The van der Waals surface area contributed by atoms with Crippen LogP contribution in [-0.4, -0.2) is 27.6 Å². The Labute approximate surface area is 110 Å². The highest BCUT2D eigenvalue weighted by Crippen LogP contribution is 2.32. The van der Waals surface area contributed by atoms with Crippen molar-refractivity contribution in [2.75, 3.05) is 21.3 Å². The van der Waals surface area contributed by atoms with Gasteiger partial charge < -0.3 is 14.2 Å². The fourth-order valence-electron chi connectivity index (χ4n) is 2.10. The largest absolute Gasteiger partial charge is 0.496 e. The van der Waals surface area contributed by atoms with Crippen LogP contribution in [0.15, 0.2) is 18.2 Å². The van der Waals surface area contributed by atoms with Crippen molar-refractivity contribution in [1.82, 2.24) is 0 Å². The van der Waals surface area contributed by atoms with E-state index < -0.39 is 0 Å². The highest BCUT2D eigenvalue weighted by molar-refractivity contribution is 5.38. The first kappa shape index (κ1) is 15.0. The van der Waals surface area contributed by atoms with Crippen molar-refractivity contribution in [3.05, 3.63) is 29.3 Å². The second-order valence-corrected chi connectivity index (χ2v) is 5.17. The molecule has 0 bridgehead atoms. The zero-order chi connectivity index (χ0) is 13.8. The predicted octanol–water partition coefficient (Wildman–Crippen LogP) is 3.29. The summed E-state index contributed by atoms with van der Waals surface area (Å²) in [7, 11) is 5.03. The van der Waals surface area contributed by atoms with Gasteiger partial charge in [0.1, 0.15) is 5.75 Å². The number of methoxy groups -OCH3 is 3. The predicted molar refractivity (Wildman–Crippen MR) is 73.2 cm³/mol. The molecule has 1 rings (SSSR count). The summed E-state index contributed by atoms with van der Waals surface area (Å²) in [5.74, 6) is 0.921. The van der Waals surface area contributed by atoms with Gasteiger partial charge >= 0.3 is 0 Å². The zero-order valence-corrected chi connectivity index (χ0v) is 12.2. The molecule has 3 heteroatoms. The van der Waals surface area contributed by atoms with E-state index in [0.717, 1.165) is 17.7 Å². The Kier molecular flexibility index (Phi) is 5.17. The Morgan fingerprint density at radius 2 is 1.72 bits per heavy atom. The van der Waals surface area contributed by atoms with Gasteiger partial charge in [-0.05, 0) is 29.5 Å². The first-order valence-electron chi connectivity index (χ1n) is 6.15. The van der Waals surface area contributed by atoms with E-state index in [-0.39, 0.29) is 11.7 Å². The van der Waals surface area contributed by atoms with Gasteiger partial charge in [-0.25, -0.2) is 0 Å². The Bertz CT molecular complexity index is 381. The van der Waals surface area contributed by atoms with Crippen molar-refractivity contribution < 1.29 is 14.2 Å². The molecular weight excluding hydrogens is 228 g/mol. The smallest absolute Gasteiger partial charge is 0.157 e. The molecule has 0 spiro atoms. The van der Waals surface area contributed by atoms with Gasteiger partial charge in [-0.2, -0.15) is 0 Å². The van der Waals surface area contributed by atoms with E-state index in [2.05, 4.69) is 32.9 Å². The molecule has 0 saturated heterocycles. The maximum Gasteiger partial charge on any atom is 0.157 e. The van der Waals surface area contributed by atoms with Crippen molar-refractivity contribution >= 4 is 0 Å². The average Bonchev–Trinajstić information content (AvgIpc) is 2.35. The first-order chi connectivity index (χ1) is 8.44. The van der Waals surface area contributed by atoms with E-state index in [1.54, 1.807) is 21.3 Å². The normalized spacial score (nSPS) is 11.9. The van der Waals surface area contributed by atoms with Gasteiger partial charge in [0, 0.05) is 20.6 Å². The Hall–Kier alpha value is -1.06. The highest BCUT2D eigenvalue weighted by Gasteiger charge is 2.25. The molecule has 102 valence electrons. The van der Waals surface area contributed by atoms with Gasteiger partial charge in [-0.3, -0.25) is 0 Å². The molecule has 0 unspecified atom stereocenters. The second kappa shape index (κ2) is 6.21. The van der Waals surface area contributed by atoms with Crippen LogP contribution < -0.4 is 4.74 Å². The van der Waals surface area contributed by atoms with Gasteiger partial charge in [0.25, 0.3) is 0 Å². The third-order valence-corrected chi connectivity index (χ3v) is 3.38. The molecule has 0 amide bonds. The molecule has 3 nitrogen and oxygen atoms in total. The Balaban J connectivity index is 2.93. The van der Waals surface area contributed by atoms with Crippen LogP contribution in [0.4, 0.5) is 0 Å². The molecule has 0 aromatic heterocycles. The van der Waals surface area contributed by atoms with E-state index >= 15 is 0 Å². The Morgan fingerprint density at radius 1 is 1.11 bits per heavy atom. The maximum absolute atomic E-state index is 5.29. The van der Waals surface area contributed by atoms with Crippen LogP contribution in [0.2, 0.25) is 0 Å². The lowest BCUT2D eigenvalue weighted by Crippen LogP contribution is -2.27. The van der Waals surface area contributed by atoms with Crippen molar-refractivity contribution in [1.29, 1.82) is 0 Å². The van der Waals surface area contributed by atoms with Gasteiger partial charge in [-0.1, -0.05) is 26.0 Å². The van der Waals surface area contributed by atoms with E-state index in [0.29, 0.717) is 0 Å². The number of rotatable bonds is 6. The molecule has 0 radical (unpaired) electrons. The van der Waals surface area contributed by atoms with Crippen molar-refractivity contribution in [3.63, 3.8) is 0 Å². The first-order valence-corrected chi connectivity index (χ1v) is 6.15.